The number of carbonyl (C=O) groups is 1. The molecule has 0 unspecified atom stereocenters. The van der Waals surface area contributed by atoms with Gasteiger partial charge in [0, 0.05) is 5.56 Å². The lowest BCUT2D eigenvalue weighted by Crippen LogP contribution is -2.14. The molecule has 2 nitrogen and oxygen atoms in total. The Morgan fingerprint density at radius 1 is 0.870 bits per heavy atom. The first-order chi connectivity index (χ1) is 11.2. The van der Waals surface area contributed by atoms with Gasteiger partial charge in [-0.1, -0.05) is 66.7 Å². The van der Waals surface area contributed by atoms with Crippen molar-refractivity contribution < 1.29 is 4.79 Å². The first-order valence-electron chi connectivity index (χ1n) is 7.68. The summed E-state index contributed by atoms with van der Waals surface area (Å²) in [7, 11) is 0. The van der Waals surface area contributed by atoms with E-state index in [2.05, 4.69) is 31.2 Å². The van der Waals surface area contributed by atoms with E-state index in [4.69, 9.17) is 5.73 Å². The second kappa shape index (κ2) is 6.49. The highest BCUT2D eigenvalue weighted by molar-refractivity contribution is 6.01. The zero-order valence-electron chi connectivity index (χ0n) is 13.1. The van der Waals surface area contributed by atoms with Crippen molar-refractivity contribution in [3.8, 4) is 11.1 Å². The lowest BCUT2D eigenvalue weighted by molar-refractivity contribution is 0.100. The summed E-state index contributed by atoms with van der Waals surface area (Å²) in [6, 6.07) is 24.1. The Balaban J connectivity index is 2.19. The van der Waals surface area contributed by atoms with Gasteiger partial charge in [-0.3, -0.25) is 4.79 Å². The predicted octanol–water partition coefficient (Wildman–Crippen LogP) is 4.35. The molecule has 2 N–H and O–H groups in total. The van der Waals surface area contributed by atoms with Crippen LogP contribution in [0, 0.1) is 6.92 Å². The van der Waals surface area contributed by atoms with Gasteiger partial charge in [-0.2, -0.15) is 0 Å². The van der Waals surface area contributed by atoms with E-state index in [1.165, 1.54) is 5.56 Å². The zero-order chi connectivity index (χ0) is 16.2. The molecule has 1 amide bonds. The summed E-state index contributed by atoms with van der Waals surface area (Å²) in [5.74, 6) is -0.391. The van der Waals surface area contributed by atoms with Crippen molar-refractivity contribution in [1.29, 1.82) is 0 Å². The molecule has 3 aromatic carbocycles. The maximum atomic E-state index is 11.9. The van der Waals surface area contributed by atoms with Crippen molar-refractivity contribution in [2.24, 2.45) is 5.73 Å². The molecule has 0 radical (unpaired) electrons. The van der Waals surface area contributed by atoms with Crippen LogP contribution >= 0.6 is 0 Å². The Kier molecular flexibility index (Phi) is 4.24. The van der Waals surface area contributed by atoms with E-state index < -0.39 is 5.91 Å². The summed E-state index contributed by atoms with van der Waals surface area (Å²) in [6.07, 6.45) is 0.769. The lowest BCUT2D eigenvalue weighted by atomic mass is 9.88. The normalized spacial score (nSPS) is 10.5. The van der Waals surface area contributed by atoms with E-state index in [1.54, 1.807) is 6.07 Å². The van der Waals surface area contributed by atoms with Gasteiger partial charge >= 0.3 is 0 Å². The second-order valence-electron chi connectivity index (χ2n) is 5.68. The number of hydrogen-bond donors (Lipinski definition) is 1. The number of rotatable bonds is 4. The van der Waals surface area contributed by atoms with Crippen molar-refractivity contribution in [2.75, 3.05) is 0 Å². The number of hydrogen-bond acceptors (Lipinski definition) is 1. The molecule has 2 heteroatoms. The molecule has 3 rings (SSSR count). The second-order valence-corrected chi connectivity index (χ2v) is 5.68. The smallest absolute Gasteiger partial charge is 0.249 e. The average Bonchev–Trinajstić information content (AvgIpc) is 2.56. The molecule has 0 aliphatic rings. The molecule has 0 aliphatic heterocycles. The van der Waals surface area contributed by atoms with Crippen LogP contribution in [0.5, 0.6) is 0 Å². The highest BCUT2D eigenvalue weighted by Gasteiger charge is 2.16. The summed E-state index contributed by atoms with van der Waals surface area (Å²) in [5, 5.41) is 0. The van der Waals surface area contributed by atoms with Crippen LogP contribution in [0.4, 0.5) is 0 Å². The van der Waals surface area contributed by atoms with Crippen LogP contribution in [-0.2, 0) is 6.42 Å². The van der Waals surface area contributed by atoms with Gasteiger partial charge in [-0.15, -0.1) is 0 Å². The van der Waals surface area contributed by atoms with Crippen LogP contribution in [0.25, 0.3) is 11.1 Å². The van der Waals surface area contributed by atoms with Crippen LogP contribution in [0.15, 0.2) is 72.8 Å². The standard InChI is InChI=1S/C21H19NO/c1-15-8-5-6-12-18(15)20-17(11-7-13-19(20)21(22)23)14-16-9-3-2-4-10-16/h2-13H,14H2,1H3,(H2,22,23). The Hall–Kier alpha value is -2.87. The fraction of sp³-hybridized carbons (Fsp3) is 0.0952. The van der Waals surface area contributed by atoms with Gasteiger partial charge in [0.15, 0.2) is 0 Å². The minimum Gasteiger partial charge on any atom is -0.366 e. The quantitative estimate of drug-likeness (QED) is 0.765. The minimum atomic E-state index is -0.391. The van der Waals surface area contributed by atoms with Gasteiger partial charge in [0.25, 0.3) is 0 Å². The molecule has 0 saturated heterocycles. The van der Waals surface area contributed by atoms with Crippen LogP contribution in [-0.4, -0.2) is 5.91 Å². The molecule has 0 bridgehead atoms. The molecular weight excluding hydrogens is 282 g/mol. The van der Waals surface area contributed by atoms with Crippen LogP contribution in [0.3, 0.4) is 0 Å². The van der Waals surface area contributed by atoms with Gasteiger partial charge in [0.05, 0.1) is 0 Å². The molecule has 114 valence electrons. The van der Waals surface area contributed by atoms with E-state index in [-0.39, 0.29) is 0 Å². The Bertz CT molecular complexity index is 837. The van der Waals surface area contributed by atoms with Crippen LogP contribution in [0.2, 0.25) is 0 Å². The fourth-order valence-corrected chi connectivity index (χ4v) is 2.94. The summed E-state index contributed by atoms with van der Waals surface area (Å²) in [5.41, 5.74) is 11.7. The first-order valence-corrected chi connectivity index (χ1v) is 7.68. The third-order valence-electron chi connectivity index (χ3n) is 4.07. The molecule has 3 aromatic rings. The Labute approximate surface area is 136 Å². The highest BCUT2D eigenvalue weighted by atomic mass is 16.1. The minimum absolute atomic E-state index is 0.391. The Morgan fingerprint density at radius 2 is 1.57 bits per heavy atom. The van der Waals surface area contributed by atoms with Crippen molar-refractivity contribution in [1.82, 2.24) is 0 Å². The maximum absolute atomic E-state index is 11.9. The van der Waals surface area contributed by atoms with E-state index in [0.717, 1.165) is 28.7 Å². The molecule has 23 heavy (non-hydrogen) atoms. The van der Waals surface area contributed by atoms with Gasteiger partial charge in [0.1, 0.15) is 0 Å². The van der Waals surface area contributed by atoms with E-state index >= 15 is 0 Å². The van der Waals surface area contributed by atoms with E-state index in [0.29, 0.717) is 5.56 Å². The highest BCUT2D eigenvalue weighted by Crippen LogP contribution is 2.31. The van der Waals surface area contributed by atoms with Gasteiger partial charge in [-0.05, 0) is 47.2 Å². The van der Waals surface area contributed by atoms with E-state index in [1.807, 2.05) is 42.5 Å². The number of amides is 1. The van der Waals surface area contributed by atoms with Gasteiger partial charge < -0.3 is 5.73 Å². The van der Waals surface area contributed by atoms with Gasteiger partial charge in [-0.25, -0.2) is 0 Å². The predicted molar refractivity (Wildman–Crippen MR) is 94.4 cm³/mol. The van der Waals surface area contributed by atoms with Crippen molar-refractivity contribution in [3.63, 3.8) is 0 Å². The van der Waals surface area contributed by atoms with Crippen LogP contribution < -0.4 is 5.73 Å². The monoisotopic (exact) mass is 301 g/mol. The molecule has 0 atom stereocenters. The van der Waals surface area contributed by atoms with Crippen LogP contribution in [0.1, 0.15) is 27.0 Å². The molecule has 0 aromatic heterocycles. The van der Waals surface area contributed by atoms with Crippen molar-refractivity contribution in [2.45, 2.75) is 13.3 Å². The zero-order valence-corrected chi connectivity index (χ0v) is 13.1. The molecule has 0 saturated carbocycles. The SMILES string of the molecule is Cc1ccccc1-c1c(Cc2ccccc2)cccc1C(N)=O. The van der Waals surface area contributed by atoms with E-state index in [9.17, 15) is 4.79 Å². The number of aryl methyl sites for hydroxylation is 1. The van der Waals surface area contributed by atoms with Gasteiger partial charge in [0.2, 0.25) is 5.91 Å². The topological polar surface area (TPSA) is 43.1 Å². The van der Waals surface area contributed by atoms with Crippen molar-refractivity contribution >= 4 is 5.91 Å². The summed E-state index contributed by atoms with van der Waals surface area (Å²) >= 11 is 0. The molecule has 0 aliphatic carbocycles. The molecule has 0 fully saturated rings. The maximum Gasteiger partial charge on any atom is 0.249 e. The fourth-order valence-electron chi connectivity index (χ4n) is 2.94. The number of nitrogens with two attached hydrogens (primary N) is 1. The summed E-state index contributed by atoms with van der Waals surface area (Å²) in [4.78, 5) is 11.9. The summed E-state index contributed by atoms with van der Waals surface area (Å²) in [6.45, 7) is 2.05. The molecule has 0 heterocycles. The number of benzene rings is 3. The summed E-state index contributed by atoms with van der Waals surface area (Å²) < 4.78 is 0. The first kappa shape index (κ1) is 15.0. The molecular formula is C21H19NO. The number of primary amides is 1. The lowest BCUT2D eigenvalue weighted by Gasteiger charge is -2.15. The largest absolute Gasteiger partial charge is 0.366 e. The third-order valence-corrected chi connectivity index (χ3v) is 4.07. The average molecular weight is 301 g/mol. The van der Waals surface area contributed by atoms with Crippen molar-refractivity contribution in [3.05, 3.63) is 95.1 Å². The number of carbonyl (C=O) groups excluding carboxylic acids is 1. The third kappa shape index (κ3) is 3.16. The Morgan fingerprint density at radius 3 is 2.26 bits per heavy atom. The molecule has 0 spiro atoms.